The van der Waals surface area contributed by atoms with Gasteiger partial charge in [0.15, 0.2) is 12.3 Å². The van der Waals surface area contributed by atoms with Crippen LogP contribution in [0.2, 0.25) is 0 Å². The van der Waals surface area contributed by atoms with E-state index < -0.39 is 71.1 Å². The first-order valence-electron chi connectivity index (χ1n) is 10.7. The van der Waals surface area contributed by atoms with E-state index in [0.29, 0.717) is 4.57 Å². The minimum atomic E-state index is -1.49. The average molecular weight is 485 g/mol. The molecular formula is C22H32N2O10. The van der Waals surface area contributed by atoms with E-state index in [-0.39, 0.29) is 12.2 Å². The lowest BCUT2D eigenvalue weighted by molar-refractivity contribution is -0.168. The van der Waals surface area contributed by atoms with Crippen LogP contribution >= 0.6 is 0 Å². The zero-order chi connectivity index (χ0) is 26.2. The van der Waals surface area contributed by atoms with Gasteiger partial charge < -0.3 is 24.4 Å². The predicted octanol–water partition coefficient (Wildman–Crippen LogP) is 0.209. The normalized spacial score (nSPS) is 22.9. The van der Waals surface area contributed by atoms with Crippen LogP contribution in [0.3, 0.4) is 0 Å². The van der Waals surface area contributed by atoms with Gasteiger partial charge in [0.05, 0.1) is 10.8 Å². The number of aliphatic hydroxyl groups excluding tert-OH is 1. The van der Waals surface area contributed by atoms with Gasteiger partial charge in [-0.25, -0.2) is 9.36 Å². The van der Waals surface area contributed by atoms with E-state index in [1.54, 1.807) is 41.5 Å². The second-order valence-electron chi connectivity index (χ2n) is 10.3. The lowest BCUT2D eigenvalue weighted by atomic mass is 9.97. The van der Waals surface area contributed by atoms with Crippen molar-refractivity contribution < 1.29 is 38.8 Å². The first-order valence-corrected chi connectivity index (χ1v) is 10.7. The highest BCUT2D eigenvalue weighted by Crippen LogP contribution is 2.33. The number of carbonyl (C=O) groups excluding carboxylic acids is 2. The molecule has 2 N–H and O–H groups in total. The molecule has 4 atom stereocenters. The monoisotopic (exact) mass is 484 g/mol. The Hall–Kier alpha value is -2.99. The van der Waals surface area contributed by atoms with Crippen LogP contribution < -0.4 is 11.2 Å². The van der Waals surface area contributed by atoms with Crippen molar-refractivity contribution in [2.24, 2.45) is 10.8 Å². The molecule has 1 aliphatic rings. The van der Waals surface area contributed by atoms with Gasteiger partial charge in [-0.15, -0.1) is 0 Å². The zero-order valence-corrected chi connectivity index (χ0v) is 20.4. The van der Waals surface area contributed by atoms with E-state index in [1.807, 2.05) is 0 Å². The third-order valence-electron chi connectivity index (χ3n) is 5.09. The maximum absolute atomic E-state index is 13.0. The number of aryl methyl sites for hydroxylation is 1. The van der Waals surface area contributed by atoms with Gasteiger partial charge in [0, 0.05) is 11.8 Å². The summed E-state index contributed by atoms with van der Waals surface area (Å²) in [6.45, 7) is 9.81. The molecule has 1 fully saturated rings. The number of carboxylic acid groups (broad SMARTS) is 1. The summed E-state index contributed by atoms with van der Waals surface area (Å²) in [7, 11) is 0. The smallest absolute Gasteiger partial charge is 0.333 e. The minimum absolute atomic E-state index is 0.0300. The highest BCUT2D eigenvalue weighted by atomic mass is 16.6. The molecule has 1 saturated heterocycles. The lowest BCUT2D eigenvalue weighted by Gasteiger charge is -2.26. The molecule has 0 spiro atoms. The number of hydrogen-bond donors (Lipinski definition) is 2. The van der Waals surface area contributed by atoms with Crippen LogP contribution in [0.5, 0.6) is 0 Å². The largest absolute Gasteiger partial charge is 0.480 e. The van der Waals surface area contributed by atoms with E-state index in [0.717, 1.165) is 10.8 Å². The third kappa shape index (κ3) is 5.92. The van der Waals surface area contributed by atoms with Crippen molar-refractivity contribution in [2.45, 2.75) is 79.6 Å². The molecule has 190 valence electrons. The Balaban J connectivity index is 2.50. The Kier molecular flexibility index (Phi) is 7.78. The molecule has 1 aromatic heterocycles. The Morgan fingerprint density at radius 2 is 1.62 bits per heavy atom. The topological polar surface area (TPSA) is 163 Å². The van der Waals surface area contributed by atoms with Crippen LogP contribution in [0.4, 0.5) is 0 Å². The molecule has 0 bridgehead atoms. The quantitative estimate of drug-likeness (QED) is 0.533. The van der Waals surface area contributed by atoms with Crippen molar-refractivity contribution in [3.05, 3.63) is 32.6 Å². The highest BCUT2D eigenvalue weighted by Gasteiger charge is 2.49. The molecule has 0 radical (unpaired) electrons. The van der Waals surface area contributed by atoms with Gasteiger partial charge in [-0.1, -0.05) is 0 Å². The van der Waals surface area contributed by atoms with E-state index in [9.17, 15) is 29.1 Å². The summed E-state index contributed by atoms with van der Waals surface area (Å²) >= 11 is 0. The number of nitrogens with zero attached hydrogens (tertiary/aromatic N) is 2. The van der Waals surface area contributed by atoms with Gasteiger partial charge in [0.1, 0.15) is 25.4 Å². The van der Waals surface area contributed by atoms with Crippen molar-refractivity contribution in [2.75, 3.05) is 6.61 Å². The molecule has 0 saturated carbocycles. The number of esters is 2. The molecule has 0 unspecified atom stereocenters. The minimum Gasteiger partial charge on any atom is -0.480 e. The number of hydrogen-bond acceptors (Lipinski definition) is 9. The van der Waals surface area contributed by atoms with Gasteiger partial charge >= 0.3 is 23.6 Å². The standard InChI is InChI=1S/C22H32N2O10/c1-11-8-24(20(31)23(16(11)28)9-13(25)26)17-15(34-19(30)22(5,6)7)14(27)12(33-17)10-32-18(29)21(2,3)4/h8,12,14-15,17,27H,9-10H2,1-7H3,(H,25,26)/t12-,14-,15-,17-/m1/s1. The van der Waals surface area contributed by atoms with Gasteiger partial charge in [-0.3, -0.25) is 23.7 Å². The Labute approximate surface area is 196 Å². The SMILES string of the molecule is Cc1cn([C@@H]2O[C@H](COC(=O)C(C)(C)C)[C@@H](O)[C@H]2OC(=O)C(C)(C)C)c(=O)n(CC(=O)O)c1=O. The van der Waals surface area contributed by atoms with Crippen molar-refractivity contribution in [3.8, 4) is 0 Å². The number of carboxylic acids is 1. The molecule has 0 aromatic carbocycles. The van der Waals surface area contributed by atoms with Crippen LogP contribution in [0.15, 0.2) is 15.8 Å². The van der Waals surface area contributed by atoms with Crippen molar-refractivity contribution >= 4 is 17.9 Å². The lowest BCUT2D eigenvalue weighted by Crippen LogP contribution is -2.46. The molecule has 0 amide bonds. The summed E-state index contributed by atoms with van der Waals surface area (Å²) in [4.78, 5) is 61.2. The molecule has 12 nitrogen and oxygen atoms in total. The summed E-state index contributed by atoms with van der Waals surface area (Å²) in [6.07, 6.45) is -4.33. The van der Waals surface area contributed by atoms with E-state index in [1.165, 1.54) is 6.92 Å². The molecule has 1 aliphatic heterocycles. The molecule has 2 heterocycles. The fraction of sp³-hybridized carbons (Fsp3) is 0.682. The zero-order valence-electron chi connectivity index (χ0n) is 20.4. The number of ether oxygens (including phenoxy) is 3. The summed E-state index contributed by atoms with van der Waals surface area (Å²) in [5.41, 5.74) is -3.58. The Morgan fingerprint density at radius 1 is 1.06 bits per heavy atom. The van der Waals surface area contributed by atoms with Crippen molar-refractivity contribution in [1.29, 1.82) is 0 Å². The van der Waals surface area contributed by atoms with Crippen molar-refractivity contribution in [1.82, 2.24) is 9.13 Å². The van der Waals surface area contributed by atoms with Crippen LogP contribution in [0, 0.1) is 17.8 Å². The maximum atomic E-state index is 13.0. The van der Waals surface area contributed by atoms with E-state index >= 15 is 0 Å². The fourth-order valence-electron chi connectivity index (χ4n) is 3.10. The summed E-state index contributed by atoms with van der Waals surface area (Å²) in [5, 5.41) is 20.0. The number of rotatable bonds is 6. The number of aliphatic carboxylic acids is 1. The molecular weight excluding hydrogens is 452 g/mol. The van der Waals surface area contributed by atoms with Crippen LogP contribution in [0.25, 0.3) is 0 Å². The summed E-state index contributed by atoms with van der Waals surface area (Å²) in [6, 6.07) is 0. The highest BCUT2D eigenvalue weighted by molar-refractivity contribution is 5.76. The average Bonchev–Trinajstić information content (AvgIpc) is 3.00. The molecule has 2 rings (SSSR count). The van der Waals surface area contributed by atoms with Crippen LogP contribution in [-0.4, -0.2) is 62.2 Å². The second kappa shape index (κ2) is 9.71. The molecule has 0 aliphatic carbocycles. The first-order chi connectivity index (χ1) is 15.4. The summed E-state index contributed by atoms with van der Waals surface area (Å²) in [5.74, 6) is -2.66. The van der Waals surface area contributed by atoms with E-state index in [2.05, 4.69) is 0 Å². The maximum Gasteiger partial charge on any atom is 0.333 e. The predicted molar refractivity (Wildman–Crippen MR) is 117 cm³/mol. The Morgan fingerprint density at radius 3 is 2.12 bits per heavy atom. The van der Waals surface area contributed by atoms with E-state index in [4.69, 9.17) is 19.3 Å². The molecule has 12 heteroatoms. The fourth-order valence-corrected chi connectivity index (χ4v) is 3.10. The summed E-state index contributed by atoms with van der Waals surface area (Å²) < 4.78 is 17.9. The second-order valence-corrected chi connectivity index (χ2v) is 10.3. The molecule has 34 heavy (non-hydrogen) atoms. The first kappa shape index (κ1) is 27.3. The number of aliphatic hydroxyl groups is 1. The van der Waals surface area contributed by atoms with Gasteiger partial charge in [-0.2, -0.15) is 0 Å². The third-order valence-corrected chi connectivity index (χ3v) is 5.09. The molecule has 1 aromatic rings. The van der Waals surface area contributed by atoms with Crippen molar-refractivity contribution in [3.63, 3.8) is 0 Å². The Bertz CT molecular complexity index is 1070. The number of aromatic nitrogens is 2. The number of carbonyl (C=O) groups is 3. The van der Waals surface area contributed by atoms with Gasteiger partial charge in [0.25, 0.3) is 5.56 Å². The van der Waals surface area contributed by atoms with Gasteiger partial charge in [0.2, 0.25) is 0 Å². The van der Waals surface area contributed by atoms with Gasteiger partial charge in [-0.05, 0) is 48.5 Å². The van der Waals surface area contributed by atoms with Crippen LogP contribution in [-0.2, 0) is 35.1 Å². The van der Waals surface area contributed by atoms with Crippen LogP contribution in [0.1, 0.15) is 53.3 Å².